The third kappa shape index (κ3) is 8.26. The molecule has 12 heteroatoms. The summed E-state index contributed by atoms with van der Waals surface area (Å²) in [5.41, 5.74) is 5.06. The molecule has 0 radical (unpaired) electrons. The van der Waals surface area contributed by atoms with Crippen LogP contribution in [0.1, 0.15) is 25.7 Å². The van der Waals surface area contributed by atoms with Crippen LogP contribution in [0.15, 0.2) is 0 Å². The van der Waals surface area contributed by atoms with Gasteiger partial charge >= 0.3 is 5.97 Å². The number of carbonyl (C=O) groups is 5. The van der Waals surface area contributed by atoms with Crippen LogP contribution in [0, 0.1) is 0 Å². The van der Waals surface area contributed by atoms with E-state index in [1.807, 2.05) is 0 Å². The topological polar surface area (TPSA) is 180 Å². The Morgan fingerprint density at radius 3 is 2.41 bits per heavy atom. The summed E-state index contributed by atoms with van der Waals surface area (Å²) in [6.45, 7) is 0.377. The predicted octanol–water partition coefficient (Wildman–Crippen LogP) is -2.90. The summed E-state index contributed by atoms with van der Waals surface area (Å²) in [5, 5.41) is 19.0. The molecule has 0 aromatic heterocycles. The highest BCUT2D eigenvalue weighted by Gasteiger charge is 2.27. The molecule has 152 valence electrons. The van der Waals surface area contributed by atoms with Gasteiger partial charge in [0.15, 0.2) is 0 Å². The Morgan fingerprint density at radius 1 is 1.19 bits per heavy atom. The molecular formula is C15H25N5O6S. The highest BCUT2D eigenvalue weighted by Crippen LogP contribution is 2.04. The summed E-state index contributed by atoms with van der Waals surface area (Å²) in [4.78, 5) is 58.1. The molecule has 27 heavy (non-hydrogen) atoms. The lowest BCUT2D eigenvalue weighted by molar-refractivity contribution is -0.141. The van der Waals surface area contributed by atoms with Gasteiger partial charge in [-0.2, -0.15) is 12.6 Å². The van der Waals surface area contributed by atoms with Gasteiger partial charge in [-0.25, -0.2) is 4.79 Å². The van der Waals surface area contributed by atoms with Crippen molar-refractivity contribution in [1.29, 1.82) is 0 Å². The van der Waals surface area contributed by atoms with Crippen molar-refractivity contribution in [3.63, 3.8) is 0 Å². The van der Waals surface area contributed by atoms with Crippen LogP contribution in [0.5, 0.6) is 0 Å². The van der Waals surface area contributed by atoms with E-state index in [-0.39, 0.29) is 37.1 Å². The second-order valence-corrected chi connectivity index (χ2v) is 6.44. The summed E-state index contributed by atoms with van der Waals surface area (Å²) in [6.07, 6.45) is 1.26. The first-order chi connectivity index (χ1) is 12.7. The van der Waals surface area contributed by atoms with Crippen LogP contribution in [-0.4, -0.2) is 71.7 Å². The fourth-order valence-corrected chi connectivity index (χ4v) is 2.70. The average Bonchev–Trinajstić information content (AvgIpc) is 3.15. The fourth-order valence-electron chi connectivity index (χ4n) is 2.46. The lowest BCUT2D eigenvalue weighted by Crippen LogP contribution is -2.54. The van der Waals surface area contributed by atoms with Gasteiger partial charge < -0.3 is 32.1 Å². The Kier molecular flexibility index (Phi) is 9.58. The van der Waals surface area contributed by atoms with E-state index in [4.69, 9.17) is 10.8 Å². The molecule has 1 aliphatic rings. The SMILES string of the molecule is NC(=O)CCC(NC(=O)CNC(=O)C1CCCN1)C(=O)NC(CS)C(=O)O. The second-order valence-electron chi connectivity index (χ2n) is 6.07. The van der Waals surface area contributed by atoms with Crippen LogP contribution in [0.2, 0.25) is 0 Å². The number of amides is 4. The van der Waals surface area contributed by atoms with Gasteiger partial charge in [0.05, 0.1) is 12.6 Å². The van der Waals surface area contributed by atoms with Crippen LogP contribution in [0.25, 0.3) is 0 Å². The van der Waals surface area contributed by atoms with Crippen LogP contribution in [-0.2, 0) is 24.0 Å². The molecule has 1 aliphatic heterocycles. The number of carbonyl (C=O) groups excluding carboxylic acids is 4. The Balaban J connectivity index is 2.59. The summed E-state index contributed by atoms with van der Waals surface area (Å²) in [6, 6.07) is -2.77. The second kappa shape index (κ2) is 11.4. The molecule has 4 amide bonds. The van der Waals surface area contributed by atoms with Crippen molar-refractivity contribution in [1.82, 2.24) is 21.3 Å². The molecule has 3 unspecified atom stereocenters. The number of rotatable bonds is 11. The van der Waals surface area contributed by atoms with Gasteiger partial charge in [-0.05, 0) is 25.8 Å². The highest BCUT2D eigenvalue weighted by atomic mass is 32.1. The van der Waals surface area contributed by atoms with Crippen molar-refractivity contribution in [2.45, 2.75) is 43.8 Å². The summed E-state index contributed by atoms with van der Waals surface area (Å²) >= 11 is 3.84. The lowest BCUT2D eigenvalue weighted by atomic mass is 10.1. The first-order valence-electron chi connectivity index (χ1n) is 8.47. The van der Waals surface area contributed by atoms with Gasteiger partial charge in [0, 0.05) is 12.2 Å². The lowest BCUT2D eigenvalue weighted by Gasteiger charge is -2.20. The molecule has 0 aromatic carbocycles. The van der Waals surface area contributed by atoms with E-state index >= 15 is 0 Å². The molecule has 0 aliphatic carbocycles. The molecule has 1 heterocycles. The average molecular weight is 403 g/mol. The maximum absolute atomic E-state index is 12.2. The van der Waals surface area contributed by atoms with Crippen LogP contribution < -0.4 is 27.0 Å². The number of nitrogens with two attached hydrogens (primary N) is 1. The minimum Gasteiger partial charge on any atom is -0.480 e. The molecular weight excluding hydrogens is 378 g/mol. The van der Waals surface area contributed by atoms with Gasteiger partial charge in [-0.15, -0.1) is 0 Å². The molecule has 0 bridgehead atoms. The Hall–Kier alpha value is -2.34. The van der Waals surface area contributed by atoms with E-state index in [1.54, 1.807) is 0 Å². The van der Waals surface area contributed by atoms with Crippen molar-refractivity contribution in [3.8, 4) is 0 Å². The van der Waals surface area contributed by atoms with Crippen LogP contribution >= 0.6 is 12.6 Å². The summed E-state index contributed by atoms with van der Waals surface area (Å²) in [7, 11) is 0. The number of primary amides is 1. The van der Waals surface area contributed by atoms with Gasteiger partial charge in [-0.1, -0.05) is 0 Å². The van der Waals surface area contributed by atoms with E-state index in [9.17, 15) is 24.0 Å². The minimum absolute atomic E-state index is 0.107. The Bertz CT molecular complexity index is 581. The van der Waals surface area contributed by atoms with Crippen molar-refractivity contribution in [3.05, 3.63) is 0 Å². The largest absolute Gasteiger partial charge is 0.480 e. The first kappa shape index (κ1) is 22.7. The van der Waals surface area contributed by atoms with Crippen molar-refractivity contribution < 1.29 is 29.1 Å². The van der Waals surface area contributed by atoms with E-state index in [0.29, 0.717) is 6.42 Å². The first-order valence-corrected chi connectivity index (χ1v) is 9.10. The zero-order chi connectivity index (χ0) is 20.4. The number of nitrogens with one attached hydrogen (secondary N) is 4. The summed E-state index contributed by atoms with van der Waals surface area (Å²) in [5.74, 6) is -3.86. The smallest absolute Gasteiger partial charge is 0.327 e. The van der Waals surface area contributed by atoms with E-state index in [2.05, 4.69) is 33.9 Å². The molecule has 0 spiro atoms. The maximum Gasteiger partial charge on any atom is 0.327 e. The highest BCUT2D eigenvalue weighted by molar-refractivity contribution is 7.80. The number of aliphatic carboxylic acids is 1. The third-order valence-electron chi connectivity index (χ3n) is 3.93. The standard InChI is InChI=1S/C15H25N5O6S/c16-11(21)4-3-9(14(24)20-10(7-27)15(25)26)19-12(22)6-18-13(23)8-2-1-5-17-8/h8-10,17,27H,1-7H2,(H2,16,21)(H,18,23)(H,19,22)(H,20,24)(H,25,26). The number of carboxylic acids is 1. The van der Waals surface area contributed by atoms with E-state index in [0.717, 1.165) is 13.0 Å². The molecule has 7 N–H and O–H groups in total. The quantitative estimate of drug-likeness (QED) is 0.181. The minimum atomic E-state index is -1.28. The zero-order valence-electron chi connectivity index (χ0n) is 14.7. The Labute approximate surface area is 161 Å². The molecule has 11 nitrogen and oxygen atoms in total. The molecule has 3 atom stereocenters. The number of carboxylic acid groups (broad SMARTS) is 1. The third-order valence-corrected chi connectivity index (χ3v) is 4.29. The maximum atomic E-state index is 12.2. The number of thiol groups is 1. The van der Waals surface area contributed by atoms with Gasteiger partial charge in [0.1, 0.15) is 12.1 Å². The molecule has 0 saturated carbocycles. The fraction of sp³-hybridized carbons (Fsp3) is 0.667. The van der Waals surface area contributed by atoms with Crippen LogP contribution in [0.4, 0.5) is 0 Å². The van der Waals surface area contributed by atoms with Crippen LogP contribution in [0.3, 0.4) is 0 Å². The monoisotopic (exact) mass is 403 g/mol. The van der Waals surface area contributed by atoms with Crippen molar-refractivity contribution in [2.24, 2.45) is 5.73 Å². The van der Waals surface area contributed by atoms with Gasteiger partial charge in [-0.3, -0.25) is 19.2 Å². The number of hydrogen-bond acceptors (Lipinski definition) is 7. The van der Waals surface area contributed by atoms with Gasteiger partial charge in [0.2, 0.25) is 23.6 Å². The van der Waals surface area contributed by atoms with Crippen molar-refractivity contribution >= 4 is 42.2 Å². The van der Waals surface area contributed by atoms with E-state index < -0.39 is 35.8 Å². The molecule has 0 aromatic rings. The predicted molar refractivity (Wildman–Crippen MR) is 97.8 cm³/mol. The van der Waals surface area contributed by atoms with Crippen molar-refractivity contribution in [2.75, 3.05) is 18.8 Å². The van der Waals surface area contributed by atoms with Gasteiger partial charge in [0.25, 0.3) is 0 Å². The normalized spacial score (nSPS) is 18.2. The molecule has 1 rings (SSSR count). The molecule has 1 saturated heterocycles. The summed E-state index contributed by atoms with van der Waals surface area (Å²) < 4.78 is 0. The number of hydrogen-bond donors (Lipinski definition) is 7. The molecule has 1 fully saturated rings. The van der Waals surface area contributed by atoms with E-state index in [1.165, 1.54) is 0 Å². The Morgan fingerprint density at radius 2 is 1.89 bits per heavy atom. The zero-order valence-corrected chi connectivity index (χ0v) is 15.6.